The Morgan fingerprint density at radius 3 is 1.81 bits per heavy atom. The van der Waals surface area contributed by atoms with Gasteiger partial charge in [-0.05, 0) is 54.5 Å². The highest BCUT2D eigenvalue weighted by molar-refractivity contribution is 6.04. The maximum Gasteiger partial charge on any atom is 0.308 e. The predicted octanol–water partition coefficient (Wildman–Crippen LogP) is 4.24. The molecule has 0 saturated heterocycles. The van der Waals surface area contributed by atoms with E-state index in [4.69, 9.17) is 14.5 Å². The van der Waals surface area contributed by atoms with Gasteiger partial charge in [-0.2, -0.15) is 4.89 Å². The minimum Gasteiger partial charge on any atom is -0.427 e. The van der Waals surface area contributed by atoms with Gasteiger partial charge in [0.1, 0.15) is 5.75 Å². The lowest BCUT2D eigenvalue weighted by atomic mass is 10.1. The number of allylic oxidation sites excluding steroid dienone is 2. The standard InChI is InChI=1S/C21H20O5/c1-3-24-26-21-14-8-18(9-15-21)5-11-19(23)10-4-17-6-12-20(13-7-17)25-16(2)22/h4-15H,3H2,1-2H3. The van der Waals surface area contributed by atoms with Gasteiger partial charge < -0.3 is 9.62 Å². The van der Waals surface area contributed by atoms with Crippen LogP contribution in [0.4, 0.5) is 0 Å². The van der Waals surface area contributed by atoms with E-state index in [0.717, 1.165) is 11.1 Å². The van der Waals surface area contributed by atoms with Gasteiger partial charge in [-0.1, -0.05) is 36.4 Å². The summed E-state index contributed by atoms with van der Waals surface area (Å²) in [5.41, 5.74) is 1.71. The van der Waals surface area contributed by atoms with Crippen LogP contribution in [0.25, 0.3) is 12.2 Å². The van der Waals surface area contributed by atoms with Crippen LogP contribution in [0.1, 0.15) is 25.0 Å². The van der Waals surface area contributed by atoms with E-state index < -0.39 is 0 Å². The van der Waals surface area contributed by atoms with Gasteiger partial charge in [0, 0.05) is 6.92 Å². The molecule has 26 heavy (non-hydrogen) atoms. The minimum atomic E-state index is -0.369. The third-order valence-electron chi connectivity index (χ3n) is 3.17. The van der Waals surface area contributed by atoms with Crippen molar-refractivity contribution in [3.63, 3.8) is 0 Å². The van der Waals surface area contributed by atoms with Gasteiger partial charge in [-0.15, -0.1) is 0 Å². The highest BCUT2D eigenvalue weighted by atomic mass is 17.2. The quantitative estimate of drug-likeness (QED) is 0.234. The third-order valence-corrected chi connectivity index (χ3v) is 3.17. The molecule has 5 nitrogen and oxygen atoms in total. The number of rotatable bonds is 8. The zero-order valence-corrected chi connectivity index (χ0v) is 14.7. The second-order valence-corrected chi connectivity index (χ2v) is 5.29. The van der Waals surface area contributed by atoms with Gasteiger partial charge in [0.2, 0.25) is 0 Å². The van der Waals surface area contributed by atoms with E-state index in [1.54, 1.807) is 48.6 Å². The molecule has 2 rings (SSSR count). The minimum absolute atomic E-state index is 0.135. The van der Waals surface area contributed by atoms with Crippen LogP contribution in [0.3, 0.4) is 0 Å². The number of hydrogen-bond acceptors (Lipinski definition) is 5. The molecule has 0 N–H and O–H groups in total. The second kappa shape index (κ2) is 9.96. The van der Waals surface area contributed by atoms with Crippen molar-refractivity contribution >= 4 is 23.9 Å². The molecule has 0 aliphatic rings. The summed E-state index contributed by atoms with van der Waals surface area (Å²) in [6.45, 7) is 3.65. The largest absolute Gasteiger partial charge is 0.427 e. The van der Waals surface area contributed by atoms with Gasteiger partial charge in [0.15, 0.2) is 11.5 Å². The topological polar surface area (TPSA) is 61.8 Å². The van der Waals surface area contributed by atoms with Crippen molar-refractivity contribution in [2.45, 2.75) is 13.8 Å². The molecule has 2 aromatic rings. The molecule has 0 heterocycles. The Morgan fingerprint density at radius 2 is 1.35 bits per heavy atom. The van der Waals surface area contributed by atoms with Crippen LogP contribution in [0, 0.1) is 0 Å². The monoisotopic (exact) mass is 352 g/mol. The lowest BCUT2D eigenvalue weighted by molar-refractivity contribution is -0.202. The van der Waals surface area contributed by atoms with Crippen molar-refractivity contribution in [1.82, 2.24) is 0 Å². The molecule has 2 aromatic carbocycles. The first-order valence-electron chi connectivity index (χ1n) is 8.15. The number of ketones is 1. The normalized spacial score (nSPS) is 11.0. The van der Waals surface area contributed by atoms with E-state index in [9.17, 15) is 9.59 Å². The van der Waals surface area contributed by atoms with Gasteiger partial charge in [-0.25, -0.2) is 0 Å². The summed E-state index contributed by atoms with van der Waals surface area (Å²) in [6.07, 6.45) is 6.39. The molecule has 0 amide bonds. The first-order chi connectivity index (χ1) is 12.6. The Morgan fingerprint density at radius 1 is 0.846 bits per heavy atom. The molecule has 0 spiro atoms. The Balaban J connectivity index is 1.89. The Labute approximate surface area is 152 Å². The van der Waals surface area contributed by atoms with Crippen molar-refractivity contribution in [2.75, 3.05) is 6.61 Å². The molecule has 5 heteroatoms. The fourth-order valence-corrected chi connectivity index (χ4v) is 1.99. The van der Waals surface area contributed by atoms with Crippen LogP contribution < -0.4 is 9.62 Å². The summed E-state index contributed by atoms with van der Waals surface area (Å²) < 4.78 is 4.95. The zero-order chi connectivity index (χ0) is 18.8. The Hall–Kier alpha value is -3.18. The average Bonchev–Trinajstić information content (AvgIpc) is 2.64. The van der Waals surface area contributed by atoms with Crippen LogP contribution in [0.2, 0.25) is 0 Å². The van der Waals surface area contributed by atoms with E-state index in [1.165, 1.54) is 19.1 Å². The molecule has 0 aliphatic heterocycles. The van der Waals surface area contributed by atoms with Crippen molar-refractivity contribution in [1.29, 1.82) is 0 Å². The maximum atomic E-state index is 11.9. The van der Waals surface area contributed by atoms with Crippen LogP contribution >= 0.6 is 0 Å². The predicted molar refractivity (Wildman–Crippen MR) is 99.5 cm³/mol. The highest BCUT2D eigenvalue weighted by Gasteiger charge is 1.98. The maximum absolute atomic E-state index is 11.9. The summed E-state index contributed by atoms with van der Waals surface area (Å²) in [5.74, 6) is 0.569. The van der Waals surface area contributed by atoms with Crippen LogP contribution in [0.5, 0.6) is 11.5 Å². The number of esters is 1. The van der Waals surface area contributed by atoms with Crippen LogP contribution in [-0.4, -0.2) is 18.4 Å². The summed E-state index contributed by atoms with van der Waals surface area (Å²) in [6, 6.07) is 14.1. The van der Waals surface area contributed by atoms with Gasteiger partial charge >= 0.3 is 5.97 Å². The number of ether oxygens (including phenoxy) is 1. The van der Waals surface area contributed by atoms with Crippen LogP contribution in [-0.2, 0) is 14.5 Å². The molecule has 0 fully saturated rings. The SMILES string of the molecule is CCOOc1ccc(C=CC(=O)C=Cc2ccc(OC(C)=O)cc2)cc1. The number of hydrogen-bond donors (Lipinski definition) is 0. The molecule has 0 atom stereocenters. The molecular formula is C21H20O5. The second-order valence-electron chi connectivity index (χ2n) is 5.29. The van der Waals surface area contributed by atoms with E-state index in [1.807, 2.05) is 19.1 Å². The third kappa shape index (κ3) is 6.75. The first kappa shape index (κ1) is 19.1. The summed E-state index contributed by atoms with van der Waals surface area (Å²) in [5, 5.41) is 0. The summed E-state index contributed by atoms with van der Waals surface area (Å²) in [4.78, 5) is 32.7. The van der Waals surface area contributed by atoms with Gasteiger partial charge in [0.05, 0.1) is 6.61 Å². The van der Waals surface area contributed by atoms with Crippen LogP contribution in [0.15, 0.2) is 60.7 Å². The fraction of sp³-hybridized carbons (Fsp3) is 0.143. The molecule has 0 radical (unpaired) electrons. The number of benzene rings is 2. The lowest BCUT2D eigenvalue weighted by Gasteiger charge is -2.02. The van der Waals surface area contributed by atoms with Gasteiger partial charge in [0.25, 0.3) is 0 Å². The van der Waals surface area contributed by atoms with Crippen molar-refractivity contribution in [3.05, 3.63) is 71.8 Å². The molecule has 0 aromatic heterocycles. The molecule has 0 unspecified atom stereocenters. The van der Waals surface area contributed by atoms with Crippen molar-refractivity contribution in [2.24, 2.45) is 0 Å². The van der Waals surface area contributed by atoms with E-state index in [2.05, 4.69) is 0 Å². The first-order valence-corrected chi connectivity index (χ1v) is 8.15. The highest BCUT2D eigenvalue weighted by Crippen LogP contribution is 2.15. The lowest BCUT2D eigenvalue weighted by Crippen LogP contribution is -2.00. The Bertz CT molecular complexity index is 786. The summed E-state index contributed by atoms with van der Waals surface area (Å²) >= 11 is 0. The molecule has 0 bridgehead atoms. The molecule has 0 aliphatic carbocycles. The zero-order valence-electron chi connectivity index (χ0n) is 14.7. The average molecular weight is 352 g/mol. The fourth-order valence-electron chi connectivity index (χ4n) is 1.99. The van der Waals surface area contributed by atoms with Gasteiger partial charge in [-0.3, -0.25) is 9.59 Å². The molecule has 0 saturated carbocycles. The van der Waals surface area contributed by atoms with Crippen molar-refractivity contribution in [3.8, 4) is 11.5 Å². The van der Waals surface area contributed by atoms with E-state index in [-0.39, 0.29) is 11.8 Å². The van der Waals surface area contributed by atoms with Crippen molar-refractivity contribution < 1.29 is 24.1 Å². The smallest absolute Gasteiger partial charge is 0.308 e. The molecular weight excluding hydrogens is 332 g/mol. The Kier molecular flexibility index (Phi) is 7.33. The van der Waals surface area contributed by atoms with E-state index in [0.29, 0.717) is 18.1 Å². The number of carbonyl (C=O) groups excluding carboxylic acids is 2. The number of carbonyl (C=O) groups is 2. The summed E-state index contributed by atoms with van der Waals surface area (Å²) in [7, 11) is 0. The van der Waals surface area contributed by atoms with E-state index >= 15 is 0 Å². The molecule has 134 valence electrons.